The molecule has 1 heterocycles. The zero-order valence-corrected chi connectivity index (χ0v) is 9.73. The molecule has 1 spiro atoms. The Morgan fingerprint density at radius 1 is 1.00 bits per heavy atom. The van der Waals surface area contributed by atoms with Crippen LogP contribution in [0.25, 0.3) is 0 Å². The first-order valence-corrected chi connectivity index (χ1v) is 6.04. The van der Waals surface area contributed by atoms with Crippen molar-refractivity contribution < 1.29 is 8.78 Å². The summed E-state index contributed by atoms with van der Waals surface area (Å²) in [5.41, 5.74) is -0.0190. The van der Waals surface area contributed by atoms with Crippen LogP contribution in [0, 0.1) is 5.41 Å². The molecule has 0 N–H and O–H groups in total. The maximum atomic E-state index is 13.2. The Morgan fingerprint density at radius 2 is 1.60 bits per heavy atom. The van der Waals surface area contributed by atoms with Crippen LogP contribution in [0.1, 0.15) is 46.0 Å². The van der Waals surface area contributed by atoms with Gasteiger partial charge in [0, 0.05) is 18.9 Å². The minimum Gasteiger partial charge on any atom is -0.301 e. The Balaban J connectivity index is 1.93. The number of rotatable bonds is 1. The van der Waals surface area contributed by atoms with Gasteiger partial charge in [-0.1, -0.05) is 0 Å². The molecule has 0 amide bonds. The minimum absolute atomic E-state index is 0.0190. The Labute approximate surface area is 90.8 Å². The summed E-state index contributed by atoms with van der Waals surface area (Å²) in [4.78, 5) is 2.40. The molecule has 88 valence electrons. The van der Waals surface area contributed by atoms with Crippen LogP contribution in [-0.2, 0) is 0 Å². The van der Waals surface area contributed by atoms with E-state index in [9.17, 15) is 8.78 Å². The third kappa shape index (κ3) is 2.32. The molecule has 1 nitrogen and oxygen atoms in total. The maximum Gasteiger partial charge on any atom is 0.248 e. The second-order valence-corrected chi connectivity index (χ2v) is 5.66. The Morgan fingerprint density at radius 3 is 2.00 bits per heavy atom. The molecule has 0 radical (unpaired) electrons. The quantitative estimate of drug-likeness (QED) is 0.651. The van der Waals surface area contributed by atoms with Crippen molar-refractivity contribution in [1.29, 1.82) is 0 Å². The van der Waals surface area contributed by atoms with Gasteiger partial charge in [0.15, 0.2) is 0 Å². The predicted molar refractivity (Wildman–Crippen MR) is 57.2 cm³/mol. The van der Waals surface area contributed by atoms with Crippen LogP contribution in [-0.4, -0.2) is 30.0 Å². The maximum absolute atomic E-state index is 13.2. The monoisotopic (exact) mass is 217 g/mol. The number of hydrogen-bond donors (Lipinski definition) is 0. The minimum atomic E-state index is -2.37. The van der Waals surface area contributed by atoms with Gasteiger partial charge in [-0.15, -0.1) is 0 Å². The summed E-state index contributed by atoms with van der Waals surface area (Å²) in [6.07, 6.45) is 2.95. The first-order valence-electron chi connectivity index (χ1n) is 6.04. The van der Waals surface area contributed by atoms with Gasteiger partial charge in [-0.3, -0.25) is 0 Å². The van der Waals surface area contributed by atoms with Crippen LogP contribution in [0.4, 0.5) is 8.78 Å². The molecule has 1 aliphatic carbocycles. The zero-order valence-electron chi connectivity index (χ0n) is 9.73. The van der Waals surface area contributed by atoms with Crippen molar-refractivity contribution in [2.75, 3.05) is 13.1 Å². The molecule has 2 fully saturated rings. The summed E-state index contributed by atoms with van der Waals surface area (Å²) in [7, 11) is 0. The lowest BCUT2D eigenvalue weighted by Crippen LogP contribution is -2.42. The molecule has 3 heteroatoms. The third-order valence-corrected chi connectivity index (χ3v) is 4.24. The molecule has 2 rings (SSSR count). The van der Waals surface area contributed by atoms with Gasteiger partial charge in [-0.05, 0) is 51.6 Å². The van der Waals surface area contributed by atoms with E-state index in [1.54, 1.807) is 0 Å². The molecule has 1 saturated heterocycles. The van der Waals surface area contributed by atoms with Gasteiger partial charge in [-0.2, -0.15) is 0 Å². The first-order chi connectivity index (χ1) is 6.93. The van der Waals surface area contributed by atoms with Crippen molar-refractivity contribution in [3.63, 3.8) is 0 Å². The van der Waals surface area contributed by atoms with Crippen molar-refractivity contribution in [3.8, 4) is 0 Å². The molecule has 0 aromatic carbocycles. The molecular formula is C12H21F2N. The standard InChI is InChI=1S/C12H21F2N/c1-10(2)15-7-5-11(6-8-15)3-4-12(13,14)9-11/h10H,3-9H2,1-2H3. The second kappa shape index (κ2) is 3.69. The van der Waals surface area contributed by atoms with Gasteiger partial charge >= 0.3 is 0 Å². The summed E-state index contributed by atoms with van der Waals surface area (Å²) in [5, 5.41) is 0. The highest BCUT2D eigenvalue weighted by Crippen LogP contribution is 2.52. The van der Waals surface area contributed by atoms with Crippen molar-refractivity contribution in [2.45, 2.75) is 57.9 Å². The summed E-state index contributed by atoms with van der Waals surface area (Å²) < 4.78 is 26.4. The van der Waals surface area contributed by atoms with Gasteiger partial charge in [0.05, 0.1) is 0 Å². The van der Waals surface area contributed by atoms with E-state index in [-0.39, 0.29) is 18.3 Å². The summed E-state index contributed by atoms with van der Waals surface area (Å²) in [5.74, 6) is -2.37. The Hall–Kier alpha value is -0.180. The fourth-order valence-electron chi connectivity index (χ4n) is 3.11. The van der Waals surface area contributed by atoms with Gasteiger partial charge in [0.25, 0.3) is 0 Å². The number of nitrogens with zero attached hydrogens (tertiary/aromatic N) is 1. The van der Waals surface area contributed by atoms with Crippen LogP contribution in [0.3, 0.4) is 0 Å². The lowest BCUT2D eigenvalue weighted by atomic mass is 9.76. The highest BCUT2D eigenvalue weighted by Gasteiger charge is 2.50. The fraction of sp³-hybridized carbons (Fsp3) is 1.00. The molecule has 0 bridgehead atoms. The van der Waals surface area contributed by atoms with Crippen LogP contribution in [0.5, 0.6) is 0 Å². The highest BCUT2D eigenvalue weighted by molar-refractivity contribution is 4.96. The third-order valence-electron chi connectivity index (χ3n) is 4.24. The van der Waals surface area contributed by atoms with E-state index in [0.29, 0.717) is 6.04 Å². The highest BCUT2D eigenvalue weighted by atomic mass is 19.3. The molecule has 0 aromatic rings. The smallest absolute Gasteiger partial charge is 0.248 e. The molecule has 0 aromatic heterocycles. The van der Waals surface area contributed by atoms with Crippen LogP contribution >= 0.6 is 0 Å². The molecule has 0 atom stereocenters. The molecule has 0 unspecified atom stereocenters. The van der Waals surface area contributed by atoms with E-state index in [4.69, 9.17) is 0 Å². The summed E-state index contributed by atoms with van der Waals surface area (Å²) in [6, 6.07) is 0.560. The summed E-state index contributed by atoms with van der Waals surface area (Å²) in [6.45, 7) is 6.38. The molecule has 1 aliphatic heterocycles. The first kappa shape index (κ1) is 11.3. The molecule has 2 aliphatic rings. The fourth-order valence-corrected chi connectivity index (χ4v) is 3.11. The molecular weight excluding hydrogens is 196 g/mol. The van der Waals surface area contributed by atoms with E-state index in [0.717, 1.165) is 32.4 Å². The van der Waals surface area contributed by atoms with Gasteiger partial charge in [0.1, 0.15) is 0 Å². The van der Waals surface area contributed by atoms with E-state index >= 15 is 0 Å². The van der Waals surface area contributed by atoms with Gasteiger partial charge < -0.3 is 4.90 Å². The predicted octanol–water partition coefficient (Wildman–Crippen LogP) is 3.30. The molecule has 15 heavy (non-hydrogen) atoms. The van der Waals surface area contributed by atoms with Crippen LogP contribution < -0.4 is 0 Å². The van der Waals surface area contributed by atoms with Crippen molar-refractivity contribution in [2.24, 2.45) is 5.41 Å². The number of likely N-dealkylation sites (tertiary alicyclic amines) is 1. The van der Waals surface area contributed by atoms with Gasteiger partial charge in [-0.25, -0.2) is 8.78 Å². The van der Waals surface area contributed by atoms with Crippen LogP contribution in [0.15, 0.2) is 0 Å². The number of hydrogen-bond acceptors (Lipinski definition) is 1. The van der Waals surface area contributed by atoms with Crippen LogP contribution in [0.2, 0.25) is 0 Å². The summed E-state index contributed by atoms with van der Waals surface area (Å²) >= 11 is 0. The van der Waals surface area contributed by atoms with Crippen molar-refractivity contribution in [3.05, 3.63) is 0 Å². The average Bonchev–Trinajstić information content (AvgIpc) is 2.43. The number of halogens is 2. The lowest BCUT2D eigenvalue weighted by molar-refractivity contribution is -0.0151. The van der Waals surface area contributed by atoms with E-state index in [1.807, 2.05) is 0 Å². The van der Waals surface area contributed by atoms with Gasteiger partial charge in [0.2, 0.25) is 5.92 Å². The zero-order chi connectivity index (χ0) is 11.1. The Kier molecular flexibility index (Phi) is 2.78. The number of piperidine rings is 1. The topological polar surface area (TPSA) is 3.24 Å². The Bertz CT molecular complexity index is 230. The van der Waals surface area contributed by atoms with Crippen molar-refractivity contribution in [1.82, 2.24) is 4.90 Å². The molecule has 1 saturated carbocycles. The average molecular weight is 217 g/mol. The SMILES string of the molecule is CC(C)N1CCC2(CC1)CCC(F)(F)C2. The number of alkyl halides is 2. The van der Waals surface area contributed by atoms with E-state index < -0.39 is 5.92 Å². The van der Waals surface area contributed by atoms with Crippen molar-refractivity contribution >= 4 is 0 Å². The lowest BCUT2D eigenvalue weighted by Gasteiger charge is -2.41. The van der Waals surface area contributed by atoms with E-state index in [1.165, 1.54) is 0 Å². The largest absolute Gasteiger partial charge is 0.301 e. The second-order valence-electron chi connectivity index (χ2n) is 5.66. The van der Waals surface area contributed by atoms with E-state index in [2.05, 4.69) is 18.7 Å². The normalized spacial score (nSPS) is 30.2.